The van der Waals surface area contributed by atoms with Crippen LogP contribution in [-0.4, -0.2) is 23.7 Å². The van der Waals surface area contributed by atoms with Gasteiger partial charge in [0, 0.05) is 18.2 Å². The standard InChI is InChI=1S/C23H16F4N4O2/c1-2-6-30-23(33)15-10-14(9-13-5-7-29-22(28)19(13)26)18(25)20(27)21(15)31-17-4-3-12(11-32)8-16(17)24/h1,3-5,7-8,10-11,31H,6,9H2,(H2,28,29)(H,30,33). The highest BCUT2D eigenvalue weighted by atomic mass is 19.2. The van der Waals surface area contributed by atoms with E-state index >= 15 is 4.39 Å². The Labute approximate surface area is 185 Å². The molecule has 0 aliphatic rings. The molecule has 0 aliphatic heterocycles. The zero-order chi connectivity index (χ0) is 24.1. The molecule has 6 nitrogen and oxygen atoms in total. The predicted molar refractivity (Wildman–Crippen MR) is 114 cm³/mol. The number of carbonyl (C=O) groups is 2. The molecule has 0 aliphatic carbocycles. The van der Waals surface area contributed by atoms with Crippen LogP contribution in [0, 0.1) is 35.6 Å². The maximum absolute atomic E-state index is 15.1. The minimum atomic E-state index is -1.50. The molecular formula is C23H16F4N4O2. The van der Waals surface area contributed by atoms with Crippen molar-refractivity contribution in [3.8, 4) is 12.3 Å². The van der Waals surface area contributed by atoms with Gasteiger partial charge in [0.15, 0.2) is 23.3 Å². The van der Waals surface area contributed by atoms with Gasteiger partial charge in [0.25, 0.3) is 5.91 Å². The fourth-order valence-corrected chi connectivity index (χ4v) is 3.02. The van der Waals surface area contributed by atoms with Gasteiger partial charge in [-0.05, 0) is 41.5 Å². The lowest BCUT2D eigenvalue weighted by atomic mass is 9.99. The van der Waals surface area contributed by atoms with E-state index in [4.69, 9.17) is 12.2 Å². The van der Waals surface area contributed by atoms with E-state index in [0.717, 1.165) is 18.2 Å². The first-order valence-corrected chi connectivity index (χ1v) is 9.40. The van der Waals surface area contributed by atoms with E-state index in [1.54, 1.807) is 0 Å². The number of carbonyl (C=O) groups excluding carboxylic acids is 2. The number of nitrogens with two attached hydrogens (primary N) is 1. The number of pyridine rings is 1. The van der Waals surface area contributed by atoms with Crippen molar-refractivity contribution in [1.29, 1.82) is 0 Å². The van der Waals surface area contributed by atoms with Crippen LogP contribution in [0.3, 0.4) is 0 Å². The number of anilines is 3. The fourth-order valence-electron chi connectivity index (χ4n) is 3.02. The summed E-state index contributed by atoms with van der Waals surface area (Å²) in [6, 6.07) is 5.49. The number of hydrogen-bond donors (Lipinski definition) is 3. The second-order valence-corrected chi connectivity index (χ2v) is 6.80. The summed E-state index contributed by atoms with van der Waals surface area (Å²) < 4.78 is 58.5. The first-order valence-electron chi connectivity index (χ1n) is 9.40. The molecule has 2 aromatic carbocycles. The second kappa shape index (κ2) is 9.82. The van der Waals surface area contributed by atoms with Gasteiger partial charge in [-0.1, -0.05) is 5.92 Å². The van der Waals surface area contributed by atoms with Crippen molar-refractivity contribution in [2.45, 2.75) is 6.42 Å². The van der Waals surface area contributed by atoms with Crippen LogP contribution in [0.5, 0.6) is 0 Å². The van der Waals surface area contributed by atoms with Gasteiger partial charge in [-0.2, -0.15) is 0 Å². The highest BCUT2D eigenvalue weighted by Crippen LogP contribution is 2.31. The minimum absolute atomic E-state index is 0.0192. The molecule has 1 aromatic heterocycles. The Balaban J connectivity index is 2.11. The van der Waals surface area contributed by atoms with Crippen LogP contribution >= 0.6 is 0 Å². The zero-order valence-electron chi connectivity index (χ0n) is 16.9. The molecule has 0 fully saturated rings. The van der Waals surface area contributed by atoms with Gasteiger partial charge in [0.05, 0.1) is 23.5 Å². The summed E-state index contributed by atoms with van der Waals surface area (Å²) in [6.07, 6.45) is 6.29. The zero-order valence-corrected chi connectivity index (χ0v) is 16.9. The minimum Gasteiger partial charge on any atom is -0.381 e. The number of nitrogens with zero attached hydrogens (tertiary/aromatic N) is 1. The van der Waals surface area contributed by atoms with Crippen molar-refractivity contribution < 1.29 is 27.2 Å². The lowest BCUT2D eigenvalue weighted by Crippen LogP contribution is -2.25. The lowest BCUT2D eigenvalue weighted by Gasteiger charge is -2.17. The molecule has 0 saturated heterocycles. The topological polar surface area (TPSA) is 97.1 Å². The molecule has 168 valence electrons. The van der Waals surface area contributed by atoms with E-state index in [1.807, 2.05) is 0 Å². The van der Waals surface area contributed by atoms with E-state index in [9.17, 15) is 22.8 Å². The summed E-state index contributed by atoms with van der Waals surface area (Å²) in [5.74, 6) is -3.86. The van der Waals surface area contributed by atoms with Crippen LogP contribution in [0.4, 0.5) is 34.8 Å². The molecular weight excluding hydrogens is 440 g/mol. The smallest absolute Gasteiger partial charge is 0.254 e. The number of nitrogens with one attached hydrogen (secondary N) is 2. The molecule has 0 atom stereocenters. The number of rotatable bonds is 7. The van der Waals surface area contributed by atoms with Crippen molar-refractivity contribution in [2.24, 2.45) is 0 Å². The quantitative estimate of drug-likeness (QED) is 0.286. The fraction of sp³-hybridized carbons (Fsp3) is 0.0870. The molecule has 3 rings (SSSR count). The third-order valence-electron chi connectivity index (χ3n) is 4.64. The van der Waals surface area contributed by atoms with Crippen molar-refractivity contribution in [2.75, 3.05) is 17.6 Å². The number of nitrogen functional groups attached to an aromatic ring is 1. The molecule has 0 saturated carbocycles. The van der Waals surface area contributed by atoms with Gasteiger partial charge in [-0.25, -0.2) is 22.5 Å². The van der Waals surface area contributed by atoms with Gasteiger partial charge in [0.2, 0.25) is 0 Å². The second-order valence-electron chi connectivity index (χ2n) is 6.80. The Bertz CT molecular complexity index is 1290. The average molecular weight is 456 g/mol. The van der Waals surface area contributed by atoms with E-state index < -0.39 is 52.7 Å². The molecule has 4 N–H and O–H groups in total. The summed E-state index contributed by atoms with van der Waals surface area (Å²) in [5, 5.41) is 4.67. The third-order valence-corrected chi connectivity index (χ3v) is 4.64. The third kappa shape index (κ3) is 4.93. The van der Waals surface area contributed by atoms with Gasteiger partial charge in [0.1, 0.15) is 12.1 Å². The number of halogens is 4. The summed E-state index contributed by atoms with van der Waals surface area (Å²) in [4.78, 5) is 27.0. The highest BCUT2D eigenvalue weighted by Gasteiger charge is 2.24. The maximum atomic E-state index is 15.1. The van der Waals surface area contributed by atoms with Gasteiger partial charge in [-0.3, -0.25) is 9.59 Å². The molecule has 0 bridgehead atoms. The number of terminal acetylenes is 1. The molecule has 1 amide bonds. The maximum Gasteiger partial charge on any atom is 0.254 e. The number of benzene rings is 2. The number of amides is 1. The van der Waals surface area contributed by atoms with Crippen LogP contribution in [0.25, 0.3) is 0 Å². The normalized spacial score (nSPS) is 10.4. The van der Waals surface area contributed by atoms with Crippen LogP contribution in [0.2, 0.25) is 0 Å². The molecule has 3 aromatic rings. The Morgan fingerprint density at radius 1 is 1.09 bits per heavy atom. The Kier molecular flexibility index (Phi) is 6.93. The monoisotopic (exact) mass is 456 g/mol. The Morgan fingerprint density at radius 3 is 2.52 bits per heavy atom. The summed E-state index contributed by atoms with van der Waals surface area (Å²) in [7, 11) is 0. The van der Waals surface area contributed by atoms with E-state index in [0.29, 0.717) is 6.29 Å². The van der Waals surface area contributed by atoms with Gasteiger partial charge < -0.3 is 16.4 Å². The van der Waals surface area contributed by atoms with Crippen LogP contribution in [0.15, 0.2) is 36.5 Å². The van der Waals surface area contributed by atoms with Crippen molar-refractivity contribution >= 4 is 29.4 Å². The molecule has 0 radical (unpaired) electrons. The number of aldehydes is 1. The van der Waals surface area contributed by atoms with Crippen molar-refractivity contribution in [3.05, 3.63) is 82.1 Å². The SMILES string of the molecule is C#CCNC(=O)c1cc(Cc2ccnc(N)c2F)c(F)c(F)c1Nc1ccc(C=O)cc1F. The van der Waals surface area contributed by atoms with Crippen LogP contribution in [-0.2, 0) is 6.42 Å². The molecule has 0 unspecified atom stereocenters. The van der Waals surface area contributed by atoms with Crippen LogP contribution in [0.1, 0.15) is 31.8 Å². The Morgan fingerprint density at radius 2 is 1.85 bits per heavy atom. The lowest BCUT2D eigenvalue weighted by molar-refractivity contribution is 0.0958. The molecule has 1 heterocycles. The van der Waals surface area contributed by atoms with E-state index in [1.165, 1.54) is 18.3 Å². The Hall–Kier alpha value is -4.39. The van der Waals surface area contributed by atoms with Crippen molar-refractivity contribution in [1.82, 2.24) is 10.3 Å². The summed E-state index contributed by atoms with van der Waals surface area (Å²) in [5.41, 5.74) is 3.62. The molecule has 10 heteroatoms. The highest BCUT2D eigenvalue weighted by molar-refractivity contribution is 6.01. The van der Waals surface area contributed by atoms with Crippen molar-refractivity contribution in [3.63, 3.8) is 0 Å². The van der Waals surface area contributed by atoms with Crippen LogP contribution < -0.4 is 16.4 Å². The number of aromatic nitrogens is 1. The molecule has 33 heavy (non-hydrogen) atoms. The largest absolute Gasteiger partial charge is 0.381 e. The summed E-state index contributed by atoms with van der Waals surface area (Å²) >= 11 is 0. The number of hydrogen-bond acceptors (Lipinski definition) is 5. The predicted octanol–water partition coefficient (Wildman–Crippen LogP) is 3.73. The van der Waals surface area contributed by atoms with Gasteiger partial charge >= 0.3 is 0 Å². The van der Waals surface area contributed by atoms with E-state index in [-0.39, 0.29) is 28.9 Å². The van der Waals surface area contributed by atoms with Gasteiger partial charge in [-0.15, -0.1) is 6.42 Å². The summed E-state index contributed by atoms with van der Waals surface area (Å²) in [6.45, 7) is -0.218. The first-order chi connectivity index (χ1) is 15.8. The molecule has 0 spiro atoms. The average Bonchev–Trinajstić information content (AvgIpc) is 2.80. The first kappa shape index (κ1) is 23.3. The van der Waals surface area contributed by atoms with E-state index in [2.05, 4.69) is 21.5 Å².